The van der Waals surface area contributed by atoms with Crippen LogP contribution in [0, 0.1) is 6.92 Å². The number of aryl methyl sites for hydroxylation is 3. The SMILES string of the molecule is Cc1ccc2c(c1)nc(N)c1ncc(CCc3ccc(C(C)N4CCNCC4)cc3)cc12. The molecule has 32 heavy (non-hydrogen) atoms. The van der Waals surface area contributed by atoms with E-state index in [9.17, 15) is 0 Å². The van der Waals surface area contributed by atoms with Gasteiger partial charge in [-0.1, -0.05) is 36.4 Å². The van der Waals surface area contributed by atoms with Gasteiger partial charge in [-0.2, -0.15) is 0 Å². The van der Waals surface area contributed by atoms with E-state index in [2.05, 4.69) is 82.6 Å². The second kappa shape index (κ2) is 8.85. The Labute approximate surface area is 189 Å². The van der Waals surface area contributed by atoms with Crippen molar-refractivity contribution >= 4 is 27.6 Å². The monoisotopic (exact) mass is 425 g/mol. The van der Waals surface area contributed by atoms with Crippen molar-refractivity contribution in [3.05, 3.63) is 77.0 Å². The molecule has 1 aliphatic heterocycles. The first-order valence-corrected chi connectivity index (χ1v) is 11.6. The molecule has 0 bridgehead atoms. The molecule has 5 heteroatoms. The zero-order chi connectivity index (χ0) is 22.1. The number of hydrogen-bond acceptors (Lipinski definition) is 5. The number of piperazine rings is 1. The van der Waals surface area contributed by atoms with E-state index in [-0.39, 0.29) is 0 Å². The van der Waals surface area contributed by atoms with E-state index >= 15 is 0 Å². The Morgan fingerprint density at radius 3 is 2.50 bits per heavy atom. The maximum absolute atomic E-state index is 6.20. The molecule has 1 fully saturated rings. The summed E-state index contributed by atoms with van der Waals surface area (Å²) < 4.78 is 0. The van der Waals surface area contributed by atoms with Crippen LogP contribution >= 0.6 is 0 Å². The zero-order valence-corrected chi connectivity index (χ0v) is 18.9. The van der Waals surface area contributed by atoms with E-state index in [0.717, 1.165) is 60.8 Å². The lowest BCUT2D eigenvalue weighted by molar-refractivity contribution is 0.185. The Bertz CT molecular complexity index is 1240. The van der Waals surface area contributed by atoms with E-state index in [1.807, 2.05) is 6.20 Å². The third kappa shape index (κ3) is 4.18. The van der Waals surface area contributed by atoms with Gasteiger partial charge < -0.3 is 11.1 Å². The predicted molar refractivity (Wildman–Crippen MR) is 133 cm³/mol. The molecule has 1 atom stereocenters. The van der Waals surface area contributed by atoms with Crippen LogP contribution in [-0.2, 0) is 12.8 Å². The van der Waals surface area contributed by atoms with Gasteiger partial charge in [-0.15, -0.1) is 0 Å². The van der Waals surface area contributed by atoms with Gasteiger partial charge in [0, 0.05) is 49.2 Å². The van der Waals surface area contributed by atoms with Crippen molar-refractivity contribution in [3.63, 3.8) is 0 Å². The summed E-state index contributed by atoms with van der Waals surface area (Å²) in [5.74, 6) is 0.499. The number of rotatable bonds is 5. The highest BCUT2D eigenvalue weighted by atomic mass is 15.2. The normalized spacial score (nSPS) is 15.9. The summed E-state index contributed by atoms with van der Waals surface area (Å²) in [6, 6.07) is 18.2. The van der Waals surface area contributed by atoms with Crippen molar-refractivity contribution in [2.24, 2.45) is 0 Å². The van der Waals surface area contributed by atoms with Gasteiger partial charge in [0.05, 0.1) is 5.52 Å². The number of pyridine rings is 2. The Kier molecular flexibility index (Phi) is 5.77. The van der Waals surface area contributed by atoms with E-state index in [0.29, 0.717) is 11.9 Å². The van der Waals surface area contributed by atoms with Gasteiger partial charge in [0.2, 0.25) is 0 Å². The number of nitrogens with zero attached hydrogens (tertiary/aromatic N) is 3. The lowest BCUT2D eigenvalue weighted by atomic mass is 9.99. The average Bonchev–Trinajstić information content (AvgIpc) is 2.83. The highest BCUT2D eigenvalue weighted by molar-refractivity contribution is 6.08. The standard InChI is InChI=1S/C27H31N5/c1-18-3-10-23-24-16-21(17-30-26(24)27(28)31-25(23)15-18)5-4-20-6-8-22(9-7-20)19(2)32-13-11-29-12-14-32/h3,6-10,15-17,19,29H,4-5,11-14H2,1-2H3,(H2,28,31). The minimum Gasteiger partial charge on any atom is -0.382 e. The topological polar surface area (TPSA) is 67.1 Å². The van der Waals surface area contributed by atoms with Crippen molar-refractivity contribution in [1.82, 2.24) is 20.2 Å². The lowest BCUT2D eigenvalue weighted by Crippen LogP contribution is -2.44. The maximum Gasteiger partial charge on any atom is 0.150 e. The third-order valence-electron chi connectivity index (χ3n) is 6.74. The van der Waals surface area contributed by atoms with Crippen LogP contribution in [0.25, 0.3) is 21.8 Å². The van der Waals surface area contributed by atoms with Crippen molar-refractivity contribution in [1.29, 1.82) is 0 Å². The largest absolute Gasteiger partial charge is 0.382 e. The van der Waals surface area contributed by atoms with E-state index in [1.165, 1.54) is 22.3 Å². The molecule has 0 amide bonds. The second-order valence-corrected chi connectivity index (χ2v) is 8.96. The molecule has 3 N–H and O–H groups in total. The first-order chi connectivity index (χ1) is 15.6. The summed E-state index contributed by atoms with van der Waals surface area (Å²) in [6.45, 7) is 8.79. The molecule has 1 aliphatic rings. The van der Waals surface area contributed by atoms with Gasteiger partial charge in [-0.3, -0.25) is 9.88 Å². The Morgan fingerprint density at radius 1 is 0.969 bits per heavy atom. The van der Waals surface area contributed by atoms with Crippen molar-refractivity contribution < 1.29 is 0 Å². The van der Waals surface area contributed by atoms with Gasteiger partial charge >= 0.3 is 0 Å². The second-order valence-electron chi connectivity index (χ2n) is 8.96. The molecular weight excluding hydrogens is 394 g/mol. The molecule has 1 saturated heterocycles. The number of fused-ring (bicyclic) bond motifs is 3. The molecule has 2 aromatic heterocycles. The van der Waals surface area contributed by atoms with Crippen molar-refractivity contribution in [2.75, 3.05) is 31.9 Å². The molecule has 5 nitrogen and oxygen atoms in total. The van der Waals surface area contributed by atoms with Gasteiger partial charge in [0.1, 0.15) is 5.52 Å². The molecule has 4 aromatic rings. The number of nitrogen functional groups attached to an aromatic ring is 1. The van der Waals surface area contributed by atoms with Crippen molar-refractivity contribution in [2.45, 2.75) is 32.7 Å². The number of hydrogen-bond donors (Lipinski definition) is 2. The Balaban J connectivity index is 1.33. The van der Waals surface area contributed by atoms with Crippen LogP contribution in [0.2, 0.25) is 0 Å². The highest BCUT2D eigenvalue weighted by Gasteiger charge is 2.17. The fourth-order valence-corrected chi connectivity index (χ4v) is 4.73. The summed E-state index contributed by atoms with van der Waals surface area (Å²) >= 11 is 0. The minimum absolute atomic E-state index is 0.465. The summed E-state index contributed by atoms with van der Waals surface area (Å²) in [5, 5.41) is 5.63. The van der Waals surface area contributed by atoms with E-state index < -0.39 is 0 Å². The number of nitrogens with two attached hydrogens (primary N) is 1. The molecule has 0 radical (unpaired) electrons. The number of anilines is 1. The van der Waals surface area contributed by atoms with Crippen LogP contribution in [0.5, 0.6) is 0 Å². The molecule has 0 spiro atoms. The lowest BCUT2D eigenvalue weighted by Gasteiger charge is -2.33. The predicted octanol–water partition coefficient (Wildman–Crippen LogP) is 4.43. The zero-order valence-electron chi connectivity index (χ0n) is 18.9. The van der Waals surface area contributed by atoms with Crippen LogP contribution in [-0.4, -0.2) is 41.0 Å². The van der Waals surface area contributed by atoms with E-state index in [1.54, 1.807) is 0 Å². The van der Waals surface area contributed by atoms with E-state index in [4.69, 9.17) is 5.73 Å². The van der Waals surface area contributed by atoms with Crippen LogP contribution in [0.3, 0.4) is 0 Å². The average molecular weight is 426 g/mol. The summed E-state index contributed by atoms with van der Waals surface area (Å²) in [4.78, 5) is 11.8. The minimum atomic E-state index is 0.465. The van der Waals surface area contributed by atoms with Crippen LogP contribution in [0.1, 0.15) is 35.2 Å². The molecule has 5 rings (SSSR count). The maximum atomic E-state index is 6.20. The molecule has 2 aromatic carbocycles. The molecule has 0 saturated carbocycles. The first kappa shape index (κ1) is 20.9. The summed E-state index contributed by atoms with van der Waals surface area (Å²) in [6.07, 6.45) is 3.89. The Morgan fingerprint density at radius 2 is 1.72 bits per heavy atom. The van der Waals surface area contributed by atoms with Gasteiger partial charge in [-0.25, -0.2) is 4.98 Å². The fraction of sp³-hybridized carbons (Fsp3) is 0.333. The van der Waals surface area contributed by atoms with Gasteiger partial charge in [0.25, 0.3) is 0 Å². The smallest absolute Gasteiger partial charge is 0.150 e. The van der Waals surface area contributed by atoms with Crippen LogP contribution in [0.4, 0.5) is 5.82 Å². The molecular formula is C27H31N5. The number of benzene rings is 2. The van der Waals surface area contributed by atoms with Crippen LogP contribution < -0.4 is 11.1 Å². The van der Waals surface area contributed by atoms with Crippen LogP contribution in [0.15, 0.2) is 54.7 Å². The quantitative estimate of drug-likeness (QED) is 0.463. The molecule has 1 unspecified atom stereocenters. The number of nitrogens with one attached hydrogen (secondary N) is 1. The highest BCUT2D eigenvalue weighted by Crippen LogP contribution is 2.28. The summed E-state index contributed by atoms with van der Waals surface area (Å²) in [5.41, 5.74) is 13.1. The molecule has 3 heterocycles. The fourth-order valence-electron chi connectivity index (χ4n) is 4.73. The molecule has 0 aliphatic carbocycles. The Hall–Kier alpha value is -3.02. The van der Waals surface area contributed by atoms with Gasteiger partial charge in [0.15, 0.2) is 5.82 Å². The van der Waals surface area contributed by atoms with Crippen molar-refractivity contribution in [3.8, 4) is 0 Å². The van der Waals surface area contributed by atoms with Gasteiger partial charge in [-0.05, 0) is 61.1 Å². The third-order valence-corrected chi connectivity index (χ3v) is 6.74. The number of aromatic nitrogens is 2. The summed E-state index contributed by atoms with van der Waals surface area (Å²) in [7, 11) is 0. The molecule has 164 valence electrons. The first-order valence-electron chi connectivity index (χ1n) is 11.6.